The first-order valence-electron chi connectivity index (χ1n) is 6.80. The minimum atomic E-state index is -0.651. The number of rotatable bonds is 4. The number of nitro benzene ring substituents is 1. The van der Waals surface area contributed by atoms with Gasteiger partial charge in [-0.1, -0.05) is 18.2 Å². The number of benzene rings is 2. The van der Waals surface area contributed by atoms with E-state index < -0.39 is 16.6 Å². The number of furan rings is 1. The number of halogens is 1. The number of carbonyl (C=O) groups is 1. The van der Waals surface area contributed by atoms with E-state index in [0.717, 1.165) is 0 Å². The summed E-state index contributed by atoms with van der Waals surface area (Å²) in [4.78, 5) is 22.2. The molecule has 3 rings (SSSR count). The van der Waals surface area contributed by atoms with Crippen molar-refractivity contribution < 1.29 is 18.5 Å². The highest BCUT2D eigenvalue weighted by atomic mass is 19.1. The molecule has 120 valence electrons. The average Bonchev–Trinajstić information content (AvgIpc) is 2.99. The molecule has 0 spiro atoms. The van der Waals surface area contributed by atoms with Crippen molar-refractivity contribution in [3.05, 3.63) is 75.8 Å². The summed E-state index contributed by atoms with van der Waals surface area (Å²) in [5.74, 6) is -1.18. The molecule has 0 aliphatic rings. The van der Waals surface area contributed by atoms with E-state index in [4.69, 9.17) is 4.42 Å². The maximum atomic E-state index is 13.4. The SMILES string of the molecule is O=C(N/N=C/c1ccccc1F)c1cc2cc([N+](=O)[O-])ccc2o1. The van der Waals surface area contributed by atoms with Crippen LogP contribution in [0, 0.1) is 15.9 Å². The number of carbonyl (C=O) groups excluding carboxylic acids is 1. The van der Waals surface area contributed by atoms with Crippen LogP contribution in [0.25, 0.3) is 11.0 Å². The lowest BCUT2D eigenvalue weighted by Crippen LogP contribution is -2.16. The second kappa shape index (κ2) is 6.29. The quantitative estimate of drug-likeness (QED) is 0.452. The Balaban J connectivity index is 1.76. The van der Waals surface area contributed by atoms with Crippen LogP contribution in [-0.4, -0.2) is 17.0 Å². The van der Waals surface area contributed by atoms with Crippen molar-refractivity contribution in [3.63, 3.8) is 0 Å². The highest BCUT2D eigenvalue weighted by molar-refractivity contribution is 5.97. The number of hydrogen-bond donors (Lipinski definition) is 1. The number of hydrogen-bond acceptors (Lipinski definition) is 5. The van der Waals surface area contributed by atoms with Crippen LogP contribution in [0.15, 0.2) is 58.0 Å². The zero-order valence-electron chi connectivity index (χ0n) is 12.1. The van der Waals surface area contributed by atoms with E-state index in [1.54, 1.807) is 12.1 Å². The summed E-state index contributed by atoms with van der Waals surface area (Å²) in [6.07, 6.45) is 1.17. The van der Waals surface area contributed by atoms with Crippen molar-refractivity contribution in [2.75, 3.05) is 0 Å². The van der Waals surface area contributed by atoms with Gasteiger partial charge < -0.3 is 4.42 Å². The second-order valence-corrected chi connectivity index (χ2v) is 4.81. The lowest BCUT2D eigenvalue weighted by atomic mass is 10.2. The topological polar surface area (TPSA) is 97.7 Å². The highest BCUT2D eigenvalue weighted by Gasteiger charge is 2.14. The van der Waals surface area contributed by atoms with E-state index in [1.165, 1.54) is 42.6 Å². The van der Waals surface area contributed by atoms with Crippen LogP contribution in [0.5, 0.6) is 0 Å². The molecule has 0 aliphatic heterocycles. The Labute approximate surface area is 134 Å². The standard InChI is InChI=1S/C16H10FN3O4/c17-13-4-2-1-3-10(13)9-18-19-16(21)15-8-11-7-12(20(22)23)5-6-14(11)24-15/h1-9H,(H,19,21)/b18-9+. The molecule has 1 heterocycles. The number of nitrogens with one attached hydrogen (secondary N) is 1. The summed E-state index contributed by atoms with van der Waals surface area (Å²) >= 11 is 0. The largest absolute Gasteiger partial charge is 0.451 e. The molecule has 0 aliphatic carbocycles. The van der Waals surface area contributed by atoms with Crippen molar-refractivity contribution in [2.45, 2.75) is 0 Å². The number of non-ortho nitro benzene ring substituents is 1. The monoisotopic (exact) mass is 327 g/mol. The van der Waals surface area contributed by atoms with Gasteiger partial charge in [-0.15, -0.1) is 0 Å². The molecule has 0 radical (unpaired) electrons. The minimum absolute atomic E-state index is 0.0591. The summed E-state index contributed by atoms with van der Waals surface area (Å²) < 4.78 is 18.7. The van der Waals surface area contributed by atoms with Crippen molar-refractivity contribution >= 4 is 28.8 Å². The Morgan fingerprint density at radius 1 is 1.25 bits per heavy atom. The van der Waals surface area contributed by atoms with Crippen molar-refractivity contribution in [1.82, 2.24) is 5.43 Å². The third-order valence-electron chi connectivity index (χ3n) is 3.21. The summed E-state index contributed by atoms with van der Waals surface area (Å²) in [6.45, 7) is 0. The van der Waals surface area contributed by atoms with Gasteiger partial charge in [-0.25, -0.2) is 9.82 Å². The molecular weight excluding hydrogens is 317 g/mol. The molecule has 2 aromatic carbocycles. The molecular formula is C16H10FN3O4. The molecule has 0 bridgehead atoms. The Hall–Kier alpha value is -3.55. The third kappa shape index (κ3) is 3.12. The summed E-state index contributed by atoms with van der Waals surface area (Å²) in [6, 6.07) is 11.3. The maximum Gasteiger partial charge on any atom is 0.307 e. The van der Waals surface area contributed by atoms with E-state index in [0.29, 0.717) is 11.0 Å². The molecule has 0 fully saturated rings. The molecule has 0 atom stereocenters. The van der Waals surface area contributed by atoms with E-state index in [1.807, 2.05) is 0 Å². The van der Waals surface area contributed by atoms with Gasteiger partial charge in [0.05, 0.1) is 11.1 Å². The number of nitrogens with zero attached hydrogens (tertiary/aromatic N) is 2. The Kier molecular flexibility index (Phi) is 4.02. The van der Waals surface area contributed by atoms with Crippen molar-refractivity contribution in [2.24, 2.45) is 5.10 Å². The van der Waals surface area contributed by atoms with E-state index in [9.17, 15) is 19.3 Å². The first kappa shape index (κ1) is 15.3. The highest BCUT2D eigenvalue weighted by Crippen LogP contribution is 2.24. The van der Waals surface area contributed by atoms with Gasteiger partial charge in [0.1, 0.15) is 11.4 Å². The fraction of sp³-hybridized carbons (Fsp3) is 0. The number of amides is 1. The average molecular weight is 327 g/mol. The zero-order valence-corrected chi connectivity index (χ0v) is 12.1. The van der Waals surface area contributed by atoms with E-state index >= 15 is 0 Å². The third-order valence-corrected chi connectivity index (χ3v) is 3.21. The molecule has 3 aromatic rings. The molecule has 0 saturated heterocycles. The van der Waals surface area contributed by atoms with Gasteiger partial charge in [-0.2, -0.15) is 5.10 Å². The molecule has 1 N–H and O–H groups in total. The summed E-state index contributed by atoms with van der Waals surface area (Å²) in [5.41, 5.74) is 2.66. The Morgan fingerprint density at radius 3 is 2.79 bits per heavy atom. The van der Waals surface area contributed by atoms with Crippen LogP contribution in [0.2, 0.25) is 0 Å². The van der Waals surface area contributed by atoms with Gasteiger partial charge in [-0.05, 0) is 18.2 Å². The van der Waals surface area contributed by atoms with Gasteiger partial charge in [0.2, 0.25) is 0 Å². The summed E-state index contributed by atoms with van der Waals surface area (Å²) in [5, 5.41) is 14.8. The predicted molar refractivity (Wildman–Crippen MR) is 84.3 cm³/mol. The first-order chi connectivity index (χ1) is 11.5. The molecule has 24 heavy (non-hydrogen) atoms. The lowest BCUT2D eigenvalue weighted by molar-refractivity contribution is -0.384. The smallest absolute Gasteiger partial charge is 0.307 e. The number of nitro groups is 1. The van der Waals surface area contributed by atoms with Crippen LogP contribution in [0.4, 0.5) is 10.1 Å². The van der Waals surface area contributed by atoms with Gasteiger partial charge in [0, 0.05) is 23.1 Å². The fourth-order valence-electron chi connectivity index (χ4n) is 2.05. The van der Waals surface area contributed by atoms with Gasteiger partial charge in [-0.3, -0.25) is 14.9 Å². The lowest BCUT2D eigenvalue weighted by Gasteiger charge is -1.96. The fourth-order valence-corrected chi connectivity index (χ4v) is 2.05. The molecule has 0 unspecified atom stereocenters. The number of fused-ring (bicyclic) bond motifs is 1. The maximum absolute atomic E-state index is 13.4. The predicted octanol–water partition coefficient (Wildman–Crippen LogP) is 3.24. The van der Waals surface area contributed by atoms with E-state index in [-0.39, 0.29) is 17.0 Å². The van der Waals surface area contributed by atoms with Crippen LogP contribution in [0.1, 0.15) is 16.1 Å². The Morgan fingerprint density at radius 2 is 2.04 bits per heavy atom. The molecule has 8 heteroatoms. The number of hydrazone groups is 1. The molecule has 1 amide bonds. The van der Waals surface area contributed by atoms with Gasteiger partial charge >= 0.3 is 5.91 Å². The minimum Gasteiger partial charge on any atom is -0.451 e. The molecule has 0 saturated carbocycles. The molecule has 1 aromatic heterocycles. The van der Waals surface area contributed by atoms with Crippen molar-refractivity contribution in [1.29, 1.82) is 0 Å². The Bertz CT molecular complexity index is 965. The van der Waals surface area contributed by atoms with Gasteiger partial charge in [0.25, 0.3) is 5.69 Å². The van der Waals surface area contributed by atoms with Crippen molar-refractivity contribution in [3.8, 4) is 0 Å². The van der Waals surface area contributed by atoms with Crippen LogP contribution in [-0.2, 0) is 0 Å². The van der Waals surface area contributed by atoms with Gasteiger partial charge in [0.15, 0.2) is 5.76 Å². The zero-order chi connectivity index (χ0) is 17.1. The molecule has 7 nitrogen and oxygen atoms in total. The van der Waals surface area contributed by atoms with Crippen LogP contribution >= 0.6 is 0 Å². The second-order valence-electron chi connectivity index (χ2n) is 4.81. The first-order valence-corrected chi connectivity index (χ1v) is 6.80. The van der Waals surface area contributed by atoms with Crippen LogP contribution in [0.3, 0.4) is 0 Å². The summed E-state index contributed by atoms with van der Waals surface area (Å²) in [7, 11) is 0. The van der Waals surface area contributed by atoms with Crippen LogP contribution < -0.4 is 5.43 Å². The normalized spacial score (nSPS) is 11.0. The van der Waals surface area contributed by atoms with E-state index in [2.05, 4.69) is 10.5 Å².